The summed E-state index contributed by atoms with van der Waals surface area (Å²) in [4.78, 5) is 28.3. The average molecular weight is 477 g/mol. The molecule has 10 heteroatoms. The molecule has 5 N–H and O–H groups in total. The van der Waals surface area contributed by atoms with E-state index >= 15 is 0 Å². The van der Waals surface area contributed by atoms with Crippen LogP contribution in [0.25, 0.3) is 0 Å². The van der Waals surface area contributed by atoms with Crippen molar-refractivity contribution in [2.45, 2.75) is 32.9 Å². The van der Waals surface area contributed by atoms with Gasteiger partial charge < -0.3 is 31.3 Å². The van der Waals surface area contributed by atoms with Gasteiger partial charge in [-0.25, -0.2) is 9.97 Å². The van der Waals surface area contributed by atoms with Gasteiger partial charge in [0.05, 0.1) is 6.61 Å². The smallest absolute Gasteiger partial charge is 0.256 e. The third-order valence-electron chi connectivity index (χ3n) is 5.61. The maximum atomic E-state index is 12.8. The van der Waals surface area contributed by atoms with Crippen LogP contribution < -0.4 is 26.2 Å². The Morgan fingerprint density at radius 1 is 1.17 bits per heavy atom. The number of likely N-dealkylation sites (N-methyl/N-ethyl adjacent to an activating group) is 1. The highest BCUT2D eigenvalue weighted by Gasteiger charge is 2.17. The zero-order valence-electron chi connectivity index (χ0n) is 20.3. The second-order valence-corrected chi connectivity index (χ2v) is 8.77. The van der Waals surface area contributed by atoms with E-state index in [0.717, 1.165) is 25.2 Å². The van der Waals surface area contributed by atoms with Gasteiger partial charge in [0.1, 0.15) is 23.0 Å². The summed E-state index contributed by atoms with van der Waals surface area (Å²) in [5.74, 6) is 1.64. The molecule has 1 amide bonds. The van der Waals surface area contributed by atoms with Crippen LogP contribution in [0.1, 0.15) is 35.3 Å². The Labute approximate surface area is 205 Å². The summed E-state index contributed by atoms with van der Waals surface area (Å²) in [6.07, 6.45) is 2.52. The Hall–Kier alpha value is -3.76. The van der Waals surface area contributed by atoms with Gasteiger partial charge in [0, 0.05) is 38.1 Å². The molecule has 0 spiro atoms. The summed E-state index contributed by atoms with van der Waals surface area (Å²) in [7, 11) is 1.85. The van der Waals surface area contributed by atoms with Crippen molar-refractivity contribution in [1.29, 1.82) is 0 Å². The van der Waals surface area contributed by atoms with Gasteiger partial charge in [0.25, 0.3) is 5.91 Å². The van der Waals surface area contributed by atoms with Crippen LogP contribution in [0.4, 0.5) is 29.1 Å². The molecule has 10 nitrogen and oxygen atoms in total. The van der Waals surface area contributed by atoms with Gasteiger partial charge in [0.2, 0.25) is 5.95 Å². The first-order valence-electron chi connectivity index (χ1n) is 11.8. The minimum atomic E-state index is -0.276. The maximum absolute atomic E-state index is 12.8. The van der Waals surface area contributed by atoms with E-state index in [1.165, 1.54) is 17.3 Å². The van der Waals surface area contributed by atoms with Gasteiger partial charge in [-0.3, -0.25) is 4.79 Å². The average Bonchev–Trinajstić information content (AvgIpc) is 2.84. The van der Waals surface area contributed by atoms with Crippen LogP contribution in [0, 0.1) is 0 Å². The highest BCUT2D eigenvalue weighted by atomic mass is 16.3. The number of hydrogen-bond donors (Lipinski definition) is 5. The molecule has 35 heavy (non-hydrogen) atoms. The Kier molecular flexibility index (Phi) is 7.74. The van der Waals surface area contributed by atoms with Crippen molar-refractivity contribution in [3.05, 3.63) is 59.3 Å². The molecule has 0 saturated carbocycles. The van der Waals surface area contributed by atoms with E-state index in [2.05, 4.69) is 48.4 Å². The molecule has 0 unspecified atom stereocenters. The first kappa shape index (κ1) is 24.4. The lowest BCUT2D eigenvalue weighted by Gasteiger charge is -2.19. The lowest BCUT2D eigenvalue weighted by Crippen LogP contribution is -2.31. The second kappa shape index (κ2) is 11.1. The number of nitrogens with zero attached hydrogens (tertiary/aromatic N) is 4. The highest BCUT2D eigenvalue weighted by molar-refractivity contribution is 5.99. The minimum Gasteiger partial charge on any atom is -0.395 e. The van der Waals surface area contributed by atoms with E-state index in [9.17, 15) is 9.90 Å². The fraction of sp³-hybridized carbons (Fsp3) is 0.360. The molecular weight excluding hydrogens is 444 g/mol. The van der Waals surface area contributed by atoms with Crippen LogP contribution in [0.15, 0.2) is 42.6 Å². The molecule has 4 rings (SSSR count). The molecule has 1 aromatic carbocycles. The number of aromatic nitrogens is 3. The van der Waals surface area contributed by atoms with Gasteiger partial charge in [0.15, 0.2) is 0 Å². The van der Waals surface area contributed by atoms with Crippen LogP contribution in [0.2, 0.25) is 0 Å². The van der Waals surface area contributed by atoms with Gasteiger partial charge in [-0.2, -0.15) is 4.98 Å². The fourth-order valence-electron chi connectivity index (χ4n) is 3.82. The number of anilines is 5. The Bertz CT molecular complexity index is 1180. The molecule has 0 radical (unpaired) electrons. The molecule has 3 aromatic rings. The molecule has 184 valence electrons. The molecule has 1 aliphatic rings. The molecule has 0 atom stereocenters. The van der Waals surface area contributed by atoms with E-state index in [4.69, 9.17) is 0 Å². The monoisotopic (exact) mass is 476 g/mol. The van der Waals surface area contributed by atoms with E-state index in [1.54, 1.807) is 6.07 Å². The van der Waals surface area contributed by atoms with Crippen molar-refractivity contribution >= 4 is 35.0 Å². The van der Waals surface area contributed by atoms with Crippen molar-refractivity contribution < 1.29 is 9.90 Å². The normalized spacial score (nSPS) is 12.7. The number of benzene rings is 1. The van der Waals surface area contributed by atoms with Gasteiger partial charge >= 0.3 is 0 Å². The second-order valence-electron chi connectivity index (χ2n) is 8.77. The standard InChI is InChI=1S/C25H32N8O2/c1-16(2)28-24(35)20-15-27-25(29-19-8-7-17-9-10-26-14-18(17)13-19)32-23(20)31-21-5-4-6-22(30-21)33(3)11-12-34/h4-8,13,15-16,26,34H,9-12,14H2,1-3H3,(H,28,35)(H2,27,29,30,31,32). The number of rotatable bonds is 9. The van der Waals surface area contributed by atoms with Crippen LogP contribution in [-0.4, -0.2) is 58.8 Å². The predicted molar refractivity (Wildman–Crippen MR) is 138 cm³/mol. The zero-order chi connectivity index (χ0) is 24.8. The molecule has 0 aliphatic carbocycles. The topological polar surface area (TPSA) is 127 Å². The Morgan fingerprint density at radius 3 is 2.83 bits per heavy atom. The molecule has 1 aliphatic heterocycles. The van der Waals surface area contributed by atoms with Crippen molar-refractivity contribution in [2.24, 2.45) is 0 Å². The predicted octanol–water partition coefficient (Wildman–Crippen LogP) is 2.57. The number of amides is 1. The number of carbonyl (C=O) groups excluding carboxylic acids is 1. The van der Waals surface area contributed by atoms with E-state index in [-0.39, 0.29) is 18.6 Å². The van der Waals surface area contributed by atoms with E-state index in [1.807, 2.05) is 44.0 Å². The van der Waals surface area contributed by atoms with E-state index in [0.29, 0.717) is 35.5 Å². The molecule has 2 aromatic heterocycles. The number of hydrogen-bond acceptors (Lipinski definition) is 9. The number of nitrogens with one attached hydrogen (secondary N) is 4. The van der Waals surface area contributed by atoms with Crippen molar-refractivity contribution in [1.82, 2.24) is 25.6 Å². The van der Waals surface area contributed by atoms with Crippen molar-refractivity contribution in [3.63, 3.8) is 0 Å². The summed E-state index contributed by atoms with van der Waals surface area (Å²) >= 11 is 0. The summed E-state index contributed by atoms with van der Waals surface area (Å²) in [6, 6.07) is 11.7. The van der Waals surface area contributed by atoms with Crippen molar-refractivity contribution in [3.8, 4) is 0 Å². The molecular formula is C25H32N8O2. The van der Waals surface area contributed by atoms with Gasteiger partial charge in [-0.05, 0) is 62.2 Å². The van der Waals surface area contributed by atoms with Crippen LogP contribution in [0.5, 0.6) is 0 Å². The highest BCUT2D eigenvalue weighted by Crippen LogP contribution is 2.24. The number of pyridine rings is 1. The quantitative estimate of drug-likeness (QED) is 0.317. The summed E-state index contributed by atoms with van der Waals surface area (Å²) < 4.78 is 0. The van der Waals surface area contributed by atoms with Crippen LogP contribution >= 0.6 is 0 Å². The minimum absolute atomic E-state index is 0.0229. The number of carbonyl (C=O) groups is 1. The molecule has 3 heterocycles. The molecule has 0 saturated heterocycles. The lowest BCUT2D eigenvalue weighted by molar-refractivity contribution is 0.0943. The number of fused-ring (bicyclic) bond motifs is 1. The summed E-state index contributed by atoms with van der Waals surface area (Å²) in [5.41, 5.74) is 3.79. The lowest BCUT2D eigenvalue weighted by atomic mass is 10.0. The third kappa shape index (κ3) is 6.23. The largest absolute Gasteiger partial charge is 0.395 e. The fourth-order valence-corrected chi connectivity index (χ4v) is 3.82. The maximum Gasteiger partial charge on any atom is 0.256 e. The van der Waals surface area contributed by atoms with E-state index < -0.39 is 0 Å². The van der Waals surface area contributed by atoms with Crippen molar-refractivity contribution in [2.75, 3.05) is 42.3 Å². The number of aliphatic hydroxyl groups excluding tert-OH is 1. The zero-order valence-corrected chi connectivity index (χ0v) is 20.3. The SMILES string of the molecule is CC(C)NC(=O)c1cnc(Nc2ccc3c(c2)CNCC3)nc1Nc1cccc(N(C)CCO)n1. The molecule has 0 fully saturated rings. The van der Waals surface area contributed by atoms with Gasteiger partial charge in [-0.1, -0.05) is 12.1 Å². The Morgan fingerprint density at radius 2 is 2.03 bits per heavy atom. The number of aliphatic hydroxyl groups is 1. The van der Waals surface area contributed by atoms with Gasteiger partial charge in [-0.15, -0.1) is 0 Å². The Balaban J connectivity index is 1.62. The molecule has 0 bridgehead atoms. The van der Waals surface area contributed by atoms with Crippen LogP contribution in [0.3, 0.4) is 0 Å². The first-order chi connectivity index (χ1) is 16.9. The van der Waals surface area contributed by atoms with Crippen LogP contribution in [-0.2, 0) is 13.0 Å². The first-order valence-corrected chi connectivity index (χ1v) is 11.8. The third-order valence-corrected chi connectivity index (χ3v) is 5.61. The summed E-state index contributed by atoms with van der Waals surface area (Å²) in [6.45, 7) is 6.09. The summed E-state index contributed by atoms with van der Waals surface area (Å²) in [5, 5.41) is 21.9.